The Balaban J connectivity index is 1.44. The summed E-state index contributed by atoms with van der Waals surface area (Å²) >= 11 is 8.44. The number of hydrogen-bond acceptors (Lipinski definition) is 4. The van der Waals surface area contributed by atoms with Crippen molar-refractivity contribution in [2.75, 3.05) is 39.3 Å². The minimum absolute atomic E-state index is 0.732. The lowest BCUT2D eigenvalue weighted by Crippen LogP contribution is -2.49. The Morgan fingerprint density at radius 3 is 2.82 bits per heavy atom. The molecule has 2 fully saturated rings. The van der Waals surface area contributed by atoms with Crippen molar-refractivity contribution >= 4 is 33.0 Å². The monoisotopic (exact) mass is 335 g/mol. The lowest BCUT2D eigenvalue weighted by molar-refractivity contribution is 0.170. The summed E-state index contributed by atoms with van der Waals surface area (Å²) in [7, 11) is 0. The maximum atomic E-state index is 6.59. The van der Waals surface area contributed by atoms with E-state index in [0.29, 0.717) is 0 Å². The molecule has 5 heteroatoms. The van der Waals surface area contributed by atoms with Crippen LogP contribution in [0.3, 0.4) is 0 Å². The third-order valence-electron chi connectivity index (χ3n) is 4.88. The minimum Gasteiger partial charge on any atom is -0.314 e. The van der Waals surface area contributed by atoms with Crippen LogP contribution < -0.4 is 5.32 Å². The van der Waals surface area contributed by atoms with Crippen molar-refractivity contribution in [2.45, 2.75) is 19.0 Å². The number of benzene rings is 1. The number of piperazine rings is 1. The molecular formula is C17H22ClN3S. The fourth-order valence-electron chi connectivity index (χ4n) is 3.67. The molecule has 0 amide bonds. The molecule has 1 aromatic heterocycles. The number of rotatable bonds is 3. The maximum Gasteiger partial charge on any atom is 0.0637 e. The van der Waals surface area contributed by atoms with Crippen LogP contribution in [0.5, 0.6) is 0 Å². The van der Waals surface area contributed by atoms with Crippen LogP contribution in [0, 0.1) is 0 Å². The van der Waals surface area contributed by atoms with Gasteiger partial charge in [-0.1, -0.05) is 29.8 Å². The van der Waals surface area contributed by atoms with E-state index in [9.17, 15) is 0 Å². The summed E-state index contributed by atoms with van der Waals surface area (Å²) in [5.74, 6) is 0. The highest BCUT2D eigenvalue weighted by Crippen LogP contribution is 2.36. The van der Waals surface area contributed by atoms with Crippen LogP contribution in [0.25, 0.3) is 10.1 Å². The molecular weight excluding hydrogens is 314 g/mol. The Morgan fingerprint density at radius 1 is 1.18 bits per heavy atom. The summed E-state index contributed by atoms with van der Waals surface area (Å²) in [4.78, 5) is 6.55. The van der Waals surface area contributed by atoms with Crippen molar-refractivity contribution in [3.05, 3.63) is 34.2 Å². The van der Waals surface area contributed by atoms with Crippen LogP contribution in [0.4, 0.5) is 0 Å². The molecule has 1 aromatic carbocycles. The molecule has 2 aliphatic rings. The van der Waals surface area contributed by atoms with E-state index in [1.54, 1.807) is 0 Å². The lowest BCUT2D eigenvalue weighted by atomic mass is 10.2. The van der Waals surface area contributed by atoms with E-state index in [1.165, 1.54) is 47.6 Å². The normalized spacial score (nSPS) is 24.3. The second kappa shape index (κ2) is 6.46. The maximum absolute atomic E-state index is 6.59. The van der Waals surface area contributed by atoms with Gasteiger partial charge in [-0.25, -0.2) is 0 Å². The molecule has 1 unspecified atom stereocenters. The molecule has 0 radical (unpaired) electrons. The van der Waals surface area contributed by atoms with Gasteiger partial charge < -0.3 is 5.32 Å². The van der Waals surface area contributed by atoms with Crippen molar-refractivity contribution < 1.29 is 0 Å². The van der Waals surface area contributed by atoms with Gasteiger partial charge in [-0.05, 0) is 12.5 Å². The molecule has 118 valence electrons. The van der Waals surface area contributed by atoms with Crippen LogP contribution in [-0.2, 0) is 6.54 Å². The molecule has 1 N–H and O–H groups in total. The first kappa shape index (κ1) is 14.9. The molecule has 3 nitrogen and oxygen atoms in total. The summed E-state index contributed by atoms with van der Waals surface area (Å²) in [6, 6.07) is 9.19. The second-order valence-corrected chi connectivity index (χ2v) is 7.81. The third kappa shape index (κ3) is 2.91. The number of hydrogen-bond donors (Lipinski definition) is 1. The molecule has 4 rings (SSSR count). The van der Waals surface area contributed by atoms with E-state index in [2.05, 4.69) is 39.4 Å². The highest BCUT2D eigenvalue weighted by Gasteiger charge is 2.29. The number of fused-ring (bicyclic) bond motifs is 1. The summed E-state index contributed by atoms with van der Waals surface area (Å²) < 4.78 is 1.31. The molecule has 1 atom stereocenters. The molecule has 2 saturated heterocycles. The van der Waals surface area contributed by atoms with E-state index in [4.69, 9.17) is 11.6 Å². The average molecular weight is 336 g/mol. The second-order valence-electron chi connectivity index (χ2n) is 6.30. The average Bonchev–Trinajstić information content (AvgIpc) is 3.15. The standard InChI is InChI=1S/C17H22ClN3S/c18-17-14-3-1-2-4-15(14)22-16(17)12-20-8-5-13(11-20)21-9-6-19-7-10-21/h1-4,13,19H,5-12H2. The fraction of sp³-hybridized carbons (Fsp3) is 0.529. The molecule has 2 aromatic rings. The van der Waals surface area contributed by atoms with E-state index < -0.39 is 0 Å². The van der Waals surface area contributed by atoms with Gasteiger partial charge in [0.15, 0.2) is 0 Å². The van der Waals surface area contributed by atoms with Gasteiger partial charge in [0.05, 0.1) is 5.02 Å². The summed E-state index contributed by atoms with van der Waals surface area (Å²) in [6.45, 7) is 8.05. The van der Waals surface area contributed by atoms with Crippen LogP contribution in [0.15, 0.2) is 24.3 Å². The summed E-state index contributed by atoms with van der Waals surface area (Å²) in [5, 5.41) is 5.61. The molecule has 3 heterocycles. The molecule has 0 spiro atoms. The largest absolute Gasteiger partial charge is 0.314 e. The van der Waals surface area contributed by atoms with Gasteiger partial charge in [0, 0.05) is 66.8 Å². The van der Waals surface area contributed by atoms with Gasteiger partial charge in [-0.3, -0.25) is 9.80 Å². The SMILES string of the molecule is Clc1c(CN2CCC(N3CCNCC3)C2)sc2ccccc12. The van der Waals surface area contributed by atoms with E-state index in [1.807, 2.05) is 11.3 Å². The number of nitrogens with one attached hydrogen (secondary N) is 1. The quantitative estimate of drug-likeness (QED) is 0.930. The Bertz CT molecular complexity index is 650. The minimum atomic E-state index is 0.732. The lowest BCUT2D eigenvalue weighted by Gasteiger charge is -2.32. The molecule has 0 saturated carbocycles. The van der Waals surface area contributed by atoms with Gasteiger partial charge in [0.2, 0.25) is 0 Å². The van der Waals surface area contributed by atoms with E-state index >= 15 is 0 Å². The van der Waals surface area contributed by atoms with Crippen LogP contribution in [-0.4, -0.2) is 55.1 Å². The van der Waals surface area contributed by atoms with Gasteiger partial charge >= 0.3 is 0 Å². The molecule has 2 aliphatic heterocycles. The third-order valence-corrected chi connectivity index (χ3v) is 6.58. The fourth-order valence-corrected chi connectivity index (χ4v) is 5.21. The Morgan fingerprint density at radius 2 is 2.00 bits per heavy atom. The van der Waals surface area contributed by atoms with Crippen molar-refractivity contribution in [2.24, 2.45) is 0 Å². The van der Waals surface area contributed by atoms with Crippen LogP contribution in [0.1, 0.15) is 11.3 Å². The predicted molar refractivity (Wildman–Crippen MR) is 95.0 cm³/mol. The van der Waals surface area contributed by atoms with Gasteiger partial charge in [-0.2, -0.15) is 0 Å². The zero-order valence-electron chi connectivity index (χ0n) is 12.7. The smallest absolute Gasteiger partial charge is 0.0637 e. The number of thiophene rings is 1. The van der Waals surface area contributed by atoms with Crippen LogP contribution >= 0.6 is 22.9 Å². The van der Waals surface area contributed by atoms with Crippen LogP contribution in [0.2, 0.25) is 5.02 Å². The molecule has 22 heavy (non-hydrogen) atoms. The Kier molecular flexibility index (Phi) is 4.38. The van der Waals surface area contributed by atoms with Gasteiger partial charge in [0.1, 0.15) is 0 Å². The first-order valence-electron chi connectivity index (χ1n) is 8.14. The van der Waals surface area contributed by atoms with Gasteiger partial charge in [0.25, 0.3) is 0 Å². The molecule has 0 bridgehead atoms. The summed E-state index contributed by atoms with van der Waals surface area (Å²) in [5.41, 5.74) is 0. The van der Waals surface area contributed by atoms with E-state index in [0.717, 1.165) is 30.7 Å². The number of likely N-dealkylation sites (tertiary alicyclic amines) is 1. The highest BCUT2D eigenvalue weighted by molar-refractivity contribution is 7.19. The first-order chi connectivity index (χ1) is 10.8. The highest BCUT2D eigenvalue weighted by atomic mass is 35.5. The number of nitrogens with zero attached hydrogens (tertiary/aromatic N) is 2. The van der Waals surface area contributed by atoms with Crippen molar-refractivity contribution in [1.29, 1.82) is 0 Å². The number of halogens is 1. The first-order valence-corrected chi connectivity index (χ1v) is 9.34. The predicted octanol–water partition coefficient (Wildman–Crippen LogP) is 3.03. The Hall–Kier alpha value is -0.650. The van der Waals surface area contributed by atoms with E-state index in [-0.39, 0.29) is 0 Å². The van der Waals surface area contributed by atoms with Gasteiger partial charge in [-0.15, -0.1) is 11.3 Å². The zero-order valence-corrected chi connectivity index (χ0v) is 14.3. The van der Waals surface area contributed by atoms with Crippen molar-refractivity contribution in [1.82, 2.24) is 15.1 Å². The molecule has 0 aliphatic carbocycles. The Labute approximate surface area is 140 Å². The van der Waals surface area contributed by atoms with Crippen molar-refractivity contribution in [3.8, 4) is 0 Å². The zero-order chi connectivity index (χ0) is 14.9. The topological polar surface area (TPSA) is 18.5 Å². The summed E-state index contributed by atoms with van der Waals surface area (Å²) in [6.07, 6.45) is 1.29. The van der Waals surface area contributed by atoms with Crippen molar-refractivity contribution in [3.63, 3.8) is 0 Å².